The van der Waals surface area contributed by atoms with Gasteiger partial charge in [-0.1, -0.05) is 83.2 Å². The van der Waals surface area contributed by atoms with E-state index in [4.69, 9.17) is 9.47 Å². The van der Waals surface area contributed by atoms with Gasteiger partial charge in [0.25, 0.3) is 0 Å². The highest BCUT2D eigenvalue weighted by Gasteiger charge is 2.41. The van der Waals surface area contributed by atoms with Crippen molar-refractivity contribution < 1.29 is 19.4 Å². The number of rotatable bonds is 15. The van der Waals surface area contributed by atoms with Crippen molar-refractivity contribution in [1.82, 2.24) is 0 Å². The van der Waals surface area contributed by atoms with Gasteiger partial charge in [0, 0.05) is 6.61 Å². The molecule has 2 rings (SSSR count). The molecule has 0 aliphatic carbocycles. The molecule has 2 aromatic rings. The Hall–Kier alpha value is -2.17. The van der Waals surface area contributed by atoms with Gasteiger partial charge in [-0.05, 0) is 88.3 Å². The van der Waals surface area contributed by atoms with E-state index in [1.54, 1.807) is 19.9 Å². The van der Waals surface area contributed by atoms with Crippen molar-refractivity contribution >= 4 is 5.97 Å². The highest BCUT2D eigenvalue weighted by molar-refractivity contribution is 5.80. The van der Waals surface area contributed by atoms with E-state index in [0.29, 0.717) is 17.9 Å². The maximum absolute atomic E-state index is 13.8. The van der Waals surface area contributed by atoms with E-state index in [0.717, 1.165) is 43.2 Å². The van der Waals surface area contributed by atoms with Crippen LogP contribution in [0.3, 0.4) is 0 Å². The van der Waals surface area contributed by atoms with Crippen molar-refractivity contribution in [3.8, 4) is 5.75 Å². The van der Waals surface area contributed by atoms with Crippen molar-refractivity contribution in [1.29, 1.82) is 0 Å². The fourth-order valence-electron chi connectivity index (χ4n) is 4.67. The molecule has 1 N–H and O–H groups in total. The summed E-state index contributed by atoms with van der Waals surface area (Å²) in [6, 6.07) is 15.8. The van der Waals surface area contributed by atoms with Crippen LogP contribution in [0.15, 0.2) is 48.5 Å². The Bertz CT molecular complexity index is 974. The number of esters is 1. The lowest BCUT2D eigenvalue weighted by molar-refractivity contribution is -0.146. The number of unbranched alkanes of at least 4 members (excludes halogenated alkanes) is 4. The molecule has 0 radical (unpaired) electrons. The summed E-state index contributed by atoms with van der Waals surface area (Å²) >= 11 is 0. The maximum atomic E-state index is 13.8. The predicted molar refractivity (Wildman–Crippen MR) is 153 cm³/mol. The van der Waals surface area contributed by atoms with Crippen LogP contribution in [0.2, 0.25) is 0 Å². The molecule has 0 spiro atoms. The molecular formula is C33H50O4. The molecule has 0 bridgehead atoms. The number of aliphatic hydroxyl groups is 1. The number of carbonyl (C=O) groups excluding carboxylic acids is 1. The molecule has 0 aliphatic rings. The van der Waals surface area contributed by atoms with Crippen molar-refractivity contribution in [3.05, 3.63) is 65.2 Å². The lowest BCUT2D eigenvalue weighted by Gasteiger charge is -2.34. The van der Waals surface area contributed by atoms with Gasteiger partial charge in [-0.15, -0.1) is 0 Å². The van der Waals surface area contributed by atoms with E-state index in [-0.39, 0.29) is 11.9 Å². The fourth-order valence-corrected chi connectivity index (χ4v) is 4.67. The Morgan fingerprint density at radius 1 is 0.865 bits per heavy atom. The summed E-state index contributed by atoms with van der Waals surface area (Å²) in [5, 5.41) is 10.8. The Morgan fingerprint density at radius 2 is 1.49 bits per heavy atom. The molecule has 206 valence electrons. The minimum absolute atomic E-state index is 0.00687. The number of ether oxygens (including phenoxy) is 2. The Morgan fingerprint density at radius 3 is 2.08 bits per heavy atom. The topological polar surface area (TPSA) is 55.8 Å². The van der Waals surface area contributed by atoms with E-state index < -0.39 is 16.6 Å². The van der Waals surface area contributed by atoms with Gasteiger partial charge >= 0.3 is 5.97 Å². The molecule has 4 nitrogen and oxygen atoms in total. The normalized spacial score (nSPS) is 14.7. The van der Waals surface area contributed by atoms with Crippen LogP contribution in [0.25, 0.3) is 0 Å². The first-order valence-corrected chi connectivity index (χ1v) is 14.1. The highest BCUT2D eigenvalue weighted by atomic mass is 16.5. The monoisotopic (exact) mass is 510 g/mol. The van der Waals surface area contributed by atoms with Crippen LogP contribution in [0.4, 0.5) is 0 Å². The largest absolute Gasteiger partial charge is 0.426 e. The molecule has 0 heterocycles. The van der Waals surface area contributed by atoms with Crippen LogP contribution in [-0.4, -0.2) is 17.7 Å². The lowest BCUT2D eigenvalue weighted by atomic mass is 9.71. The van der Waals surface area contributed by atoms with Gasteiger partial charge in [-0.25, -0.2) is 0 Å². The molecule has 0 aromatic heterocycles. The van der Waals surface area contributed by atoms with E-state index in [2.05, 4.69) is 32.9 Å². The van der Waals surface area contributed by atoms with Crippen molar-refractivity contribution in [2.45, 2.75) is 117 Å². The average molecular weight is 511 g/mol. The van der Waals surface area contributed by atoms with Crippen LogP contribution in [0.5, 0.6) is 5.75 Å². The van der Waals surface area contributed by atoms with E-state index >= 15 is 0 Å². The SMILES string of the molecule is CCCCCCOC(C)(C)c1cc(OC(=O)C(C)(CCCC)C(C)c2ccccc2)cc(C(C)(C)O)c1. The third-order valence-corrected chi connectivity index (χ3v) is 7.75. The van der Waals surface area contributed by atoms with Gasteiger partial charge in [0.15, 0.2) is 0 Å². The third kappa shape index (κ3) is 8.68. The second-order valence-corrected chi connectivity index (χ2v) is 11.8. The summed E-state index contributed by atoms with van der Waals surface area (Å²) in [6.45, 7) is 16.7. The van der Waals surface area contributed by atoms with E-state index in [1.807, 2.05) is 51.1 Å². The zero-order chi connectivity index (χ0) is 27.7. The number of hydrogen-bond acceptors (Lipinski definition) is 4. The van der Waals surface area contributed by atoms with Gasteiger partial charge in [-0.3, -0.25) is 4.79 Å². The molecule has 2 unspecified atom stereocenters. The Labute approximate surface area is 225 Å². The summed E-state index contributed by atoms with van der Waals surface area (Å²) in [5.74, 6) is 0.201. The van der Waals surface area contributed by atoms with Gasteiger partial charge < -0.3 is 14.6 Å². The molecule has 2 aromatic carbocycles. The zero-order valence-corrected chi connectivity index (χ0v) is 24.5. The molecule has 37 heavy (non-hydrogen) atoms. The third-order valence-electron chi connectivity index (χ3n) is 7.75. The molecule has 0 saturated heterocycles. The minimum Gasteiger partial charge on any atom is -0.426 e. The van der Waals surface area contributed by atoms with Gasteiger partial charge in [0.05, 0.1) is 16.6 Å². The standard InChI is InChI=1S/C33H50O4/c1-9-11-13-17-21-36-32(6,7)28-22-27(31(4,5)35)23-29(24-28)37-30(34)33(8,20-12-10-2)25(3)26-18-15-14-16-19-26/h14-16,18-19,22-25,35H,9-13,17,20-21H2,1-8H3. The van der Waals surface area contributed by atoms with E-state index in [1.165, 1.54) is 12.8 Å². The Balaban J connectivity index is 2.38. The van der Waals surface area contributed by atoms with Gasteiger partial charge in [0.2, 0.25) is 0 Å². The highest BCUT2D eigenvalue weighted by Crippen LogP contribution is 2.42. The number of carbonyl (C=O) groups is 1. The average Bonchev–Trinajstić information content (AvgIpc) is 2.86. The molecule has 0 aliphatic heterocycles. The van der Waals surface area contributed by atoms with Crippen molar-refractivity contribution in [2.24, 2.45) is 5.41 Å². The lowest BCUT2D eigenvalue weighted by Crippen LogP contribution is -2.37. The first-order valence-electron chi connectivity index (χ1n) is 14.1. The smallest absolute Gasteiger partial charge is 0.317 e. The summed E-state index contributed by atoms with van der Waals surface area (Å²) in [7, 11) is 0. The van der Waals surface area contributed by atoms with Crippen LogP contribution in [-0.2, 0) is 20.7 Å². The summed E-state index contributed by atoms with van der Waals surface area (Å²) < 4.78 is 12.4. The summed E-state index contributed by atoms with van der Waals surface area (Å²) in [6.07, 6.45) is 7.24. The number of hydrogen-bond donors (Lipinski definition) is 1. The van der Waals surface area contributed by atoms with Crippen molar-refractivity contribution in [2.75, 3.05) is 6.61 Å². The quantitative estimate of drug-likeness (QED) is 0.148. The second-order valence-electron chi connectivity index (χ2n) is 11.8. The minimum atomic E-state index is -1.09. The first kappa shape index (κ1) is 31.1. The van der Waals surface area contributed by atoms with E-state index in [9.17, 15) is 9.90 Å². The molecule has 4 heteroatoms. The summed E-state index contributed by atoms with van der Waals surface area (Å²) in [5.41, 5.74) is 0.350. The van der Waals surface area contributed by atoms with Crippen molar-refractivity contribution in [3.63, 3.8) is 0 Å². The Kier molecular flexibility index (Phi) is 11.4. The predicted octanol–water partition coefficient (Wildman–Crippen LogP) is 8.65. The molecule has 2 atom stereocenters. The first-order chi connectivity index (χ1) is 17.3. The second kappa shape index (κ2) is 13.6. The maximum Gasteiger partial charge on any atom is 0.317 e. The van der Waals surface area contributed by atoms with Crippen LogP contribution in [0.1, 0.15) is 123 Å². The molecular weight excluding hydrogens is 460 g/mol. The summed E-state index contributed by atoms with van der Waals surface area (Å²) in [4.78, 5) is 13.8. The molecule has 0 amide bonds. The molecule has 0 fully saturated rings. The fraction of sp³-hybridized carbons (Fsp3) is 0.606. The van der Waals surface area contributed by atoms with Crippen LogP contribution >= 0.6 is 0 Å². The van der Waals surface area contributed by atoms with Crippen LogP contribution in [0, 0.1) is 5.41 Å². The van der Waals surface area contributed by atoms with Gasteiger partial charge in [0.1, 0.15) is 5.75 Å². The van der Waals surface area contributed by atoms with Gasteiger partial charge in [-0.2, -0.15) is 0 Å². The number of benzene rings is 2. The zero-order valence-electron chi connectivity index (χ0n) is 24.5. The van der Waals surface area contributed by atoms with Crippen LogP contribution < -0.4 is 4.74 Å². The molecule has 0 saturated carbocycles.